The Bertz CT molecular complexity index is 208. The lowest BCUT2D eigenvalue weighted by Gasteiger charge is -2.34. The molecule has 1 N–H and O–H groups in total. The van der Waals surface area contributed by atoms with E-state index in [1.165, 1.54) is 45.2 Å². The Labute approximate surface area is 106 Å². The first-order valence-corrected chi connectivity index (χ1v) is 7.29. The van der Waals surface area contributed by atoms with E-state index < -0.39 is 0 Å². The van der Waals surface area contributed by atoms with Gasteiger partial charge in [-0.15, -0.1) is 0 Å². The van der Waals surface area contributed by atoms with Crippen LogP contribution in [-0.2, 0) is 4.74 Å². The quantitative estimate of drug-likeness (QED) is 0.743. The molecule has 2 aliphatic rings. The summed E-state index contributed by atoms with van der Waals surface area (Å²) in [6, 6.07) is 0. The monoisotopic (exact) mass is 240 g/mol. The lowest BCUT2D eigenvalue weighted by atomic mass is 9.76. The second-order valence-electron chi connectivity index (χ2n) is 6.00. The van der Waals surface area contributed by atoms with Crippen molar-refractivity contribution < 1.29 is 4.74 Å². The third-order valence-corrected chi connectivity index (χ3v) is 4.32. The van der Waals surface area contributed by atoms with E-state index >= 15 is 0 Å². The van der Waals surface area contributed by atoms with Crippen molar-refractivity contribution in [2.24, 2.45) is 5.41 Å². The van der Waals surface area contributed by atoms with E-state index in [1.54, 1.807) is 0 Å². The van der Waals surface area contributed by atoms with Crippen LogP contribution < -0.4 is 5.32 Å². The van der Waals surface area contributed by atoms with E-state index in [4.69, 9.17) is 4.74 Å². The van der Waals surface area contributed by atoms with Crippen LogP contribution in [0, 0.1) is 5.41 Å². The molecular formula is C14H28N2O. The molecule has 3 nitrogen and oxygen atoms in total. The predicted octanol–water partition coefficient (Wildman–Crippen LogP) is 1.88. The molecule has 1 saturated carbocycles. The summed E-state index contributed by atoms with van der Waals surface area (Å²) in [5.74, 6) is 0. The van der Waals surface area contributed by atoms with Crippen molar-refractivity contribution >= 4 is 0 Å². The second kappa shape index (κ2) is 6.72. The minimum Gasteiger partial charge on any atom is -0.379 e. The highest BCUT2D eigenvalue weighted by Crippen LogP contribution is 2.34. The number of ether oxygens (including phenoxy) is 1. The molecule has 0 unspecified atom stereocenters. The van der Waals surface area contributed by atoms with Crippen molar-refractivity contribution in [1.82, 2.24) is 10.2 Å². The summed E-state index contributed by atoms with van der Waals surface area (Å²) >= 11 is 0. The molecule has 2 rings (SSSR count). The molecule has 0 aromatic heterocycles. The first kappa shape index (κ1) is 13.3. The normalized spacial score (nSPS) is 25.9. The Morgan fingerprint density at radius 3 is 2.53 bits per heavy atom. The Morgan fingerprint density at radius 2 is 1.82 bits per heavy atom. The van der Waals surface area contributed by atoms with Crippen molar-refractivity contribution in [2.75, 3.05) is 45.9 Å². The zero-order valence-electron chi connectivity index (χ0n) is 11.3. The van der Waals surface area contributed by atoms with E-state index in [0.717, 1.165) is 32.8 Å². The highest BCUT2D eigenvalue weighted by molar-refractivity contribution is 4.80. The number of hydrogen-bond acceptors (Lipinski definition) is 3. The minimum atomic E-state index is 0.573. The van der Waals surface area contributed by atoms with Gasteiger partial charge < -0.3 is 10.1 Å². The second-order valence-corrected chi connectivity index (χ2v) is 6.00. The molecule has 0 atom stereocenters. The summed E-state index contributed by atoms with van der Waals surface area (Å²) in [7, 11) is 0. The van der Waals surface area contributed by atoms with E-state index in [1.807, 2.05) is 0 Å². The van der Waals surface area contributed by atoms with Gasteiger partial charge in [0.2, 0.25) is 0 Å². The zero-order valence-corrected chi connectivity index (χ0v) is 11.3. The molecule has 17 heavy (non-hydrogen) atoms. The number of nitrogens with one attached hydrogen (secondary N) is 1. The van der Waals surface area contributed by atoms with Crippen molar-refractivity contribution in [3.05, 3.63) is 0 Å². The molecule has 1 aliphatic carbocycles. The molecule has 100 valence electrons. The van der Waals surface area contributed by atoms with Crippen molar-refractivity contribution in [1.29, 1.82) is 0 Å². The highest BCUT2D eigenvalue weighted by atomic mass is 16.5. The van der Waals surface area contributed by atoms with E-state index in [2.05, 4.69) is 17.1 Å². The van der Waals surface area contributed by atoms with Gasteiger partial charge in [0, 0.05) is 32.7 Å². The van der Waals surface area contributed by atoms with Crippen LogP contribution in [0.4, 0.5) is 0 Å². The van der Waals surface area contributed by atoms with E-state index in [-0.39, 0.29) is 0 Å². The minimum absolute atomic E-state index is 0.573. The molecule has 0 aromatic rings. The number of morpholine rings is 1. The molecule has 3 heteroatoms. The van der Waals surface area contributed by atoms with Crippen LogP contribution in [0.5, 0.6) is 0 Å². The number of nitrogens with zero attached hydrogens (tertiary/aromatic N) is 1. The average Bonchev–Trinajstić information content (AvgIpc) is 2.37. The Balaban J connectivity index is 1.55. The van der Waals surface area contributed by atoms with Crippen molar-refractivity contribution in [3.63, 3.8) is 0 Å². The third-order valence-electron chi connectivity index (χ3n) is 4.32. The lowest BCUT2D eigenvalue weighted by molar-refractivity contribution is 0.0380. The molecule has 1 saturated heterocycles. The number of hydrogen-bond donors (Lipinski definition) is 1. The van der Waals surface area contributed by atoms with Gasteiger partial charge in [0.05, 0.1) is 13.2 Å². The van der Waals surface area contributed by atoms with Crippen LogP contribution in [0.1, 0.15) is 39.0 Å². The topological polar surface area (TPSA) is 24.5 Å². The van der Waals surface area contributed by atoms with Gasteiger partial charge in [0.15, 0.2) is 0 Å². The largest absolute Gasteiger partial charge is 0.379 e. The van der Waals surface area contributed by atoms with Gasteiger partial charge in [0.25, 0.3) is 0 Å². The Hall–Kier alpha value is -0.120. The van der Waals surface area contributed by atoms with Crippen LogP contribution in [0.25, 0.3) is 0 Å². The summed E-state index contributed by atoms with van der Waals surface area (Å²) in [4.78, 5) is 2.50. The third kappa shape index (κ3) is 4.57. The SMILES string of the molecule is CC1(CNCCN2CCOCC2)CCCCC1. The standard InChI is InChI=1S/C14H28N2O/c1-14(5-3-2-4-6-14)13-15-7-8-16-9-11-17-12-10-16/h15H,2-13H2,1H3. The molecule has 1 heterocycles. The lowest BCUT2D eigenvalue weighted by Crippen LogP contribution is -2.42. The summed E-state index contributed by atoms with van der Waals surface area (Å²) in [5, 5.41) is 3.66. The van der Waals surface area contributed by atoms with Gasteiger partial charge in [-0.1, -0.05) is 26.2 Å². The van der Waals surface area contributed by atoms with E-state index in [9.17, 15) is 0 Å². The van der Waals surface area contributed by atoms with E-state index in [0.29, 0.717) is 5.41 Å². The van der Waals surface area contributed by atoms with Crippen LogP contribution in [0.3, 0.4) is 0 Å². The molecule has 0 spiro atoms. The average molecular weight is 240 g/mol. The van der Waals surface area contributed by atoms with Crippen LogP contribution >= 0.6 is 0 Å². The fourth-order valence-corrected chi connectivity index (χ4v) is 3.03. The van der Waals surface area contributed by atoms with Gasteiger partial charge in [-0.3, -0.25) is 4.90 Å². The van der Waals surface area contributed by atoms with Gasteiger partial charge in [-0.05, 0) is 18.3 Å². The first-order chi connectivity index (χ1) is 8.29. The van der Waals surface area contributed by atoms with Gasteiger partial charge in [-0.2, -0.15) is 0 Å². The maximum absolute atomic E-state index is 5.36. The molecule has 0 amide bonds. The van der Waals surface area contributed by atoms with Crippen LogP contribution in [-0.4, -0.2) is 50.8 Å². The maximum atomic E-state index is 5.36. The summed E-state index contributed by atoms with van der Waals surface area (Å²) in [6.07, 6.45) is 7.14. The van der Waals surface area contributed by atoms with Crippen molar-refractivity contribution in [2.45, 2.75) is 39.0 Å². The van der Waals surface area contributed by atoms with Gasteiger partial charge in [-0.25, -0.2) is 0 Å². The molecule has 0 bridgehead atoms. The van der Waals surface area contributed by atoms with Crippen molar-refractivity contribution in [3.8, 4) is 0 Å². The fourth-order valence-electron chi connectivity index (χ4n) is 3.03. The summed E-state index contributed by atoms with van der Waals surface area (Å²) < 4.78 is 5.36. The molecule has 0 aromatic carbocycles. The van der Waals surface area contributed by atoms with Gasteiger partial charge >= 0.3 is 0 Å². The fraction of sp³-hybridized carbons (Fsp3) is 1.00. The summed E-state index contributed by atoms with van der Waals surface area (Å²) in [6.45, 7) is 10.0. The molecular weight excluding hydrogens is 212 g/mol. The zero-order chi connectivity index (χ0) is 12.0. The predicted molar refractivity (Wildman–Crippen MR) is 71.3 cm³/mol. The first-order valence-electron chi connectivity index (χ1n) is 7.29. The summed E-state index contributed by atoms with van der Waals surface area (Å²) in [5.41, 5.74) is 0.573. The molecule has 1 aliphatic heterocycles. The highest BCUT2D eigenvalue weighted by Gasteiger charge is 2.25. The van der Waals surface area contributed by atoms with Gasteiger partial charge in [0.1, 0.15) is 0 Å². The Morgan fingerprint density at radius 1 is 1.12 bits per heavy atom. The maximum Gasteiger partial charge on any atom is 0.0594 e. The van der Waals surface area contributed by atoms with Crippen LogP contribution in [0.2, 0.25) is 0 Å². The molecule has 0 radical (unpaired) electrons. The number of rotatable bonds is 5. The Kier molecular flexibility index (Phi) is 5.26. The molecule has 2 fully saturated rings. The van der Waals surface area contributed by atoms with Crippen LogP contribution in [0.15, 0.2) is 0 Å². The smallest absolute Gasteiger partial charge is 0.0594 e.